The average molecular weight is 176 g/mol. The molecule has 0 bridgehead atoms. The summed E-state index contributed by atoms with van der Waals surface area (Å²) in [4.78, 5) is 6.80. The second kappa shape index (κ2) is 3.77. The van der Waals surface area contributed by atoms with E-state index in [0.717, 1.165) is 12.1 Å². The molecule has 13 heavy (non-hydrogen) atoms. The quantitative estimate of drug-likeness (QED) is 0.598. The summed E-state index contributed by atoms with van der Waals surface area (Å²) >= 11 is 0. The number of hydrogen-bond donors (Lipinski definition) is 0. The molecule has 2 aliphatic heterocycles. The summed E-state index contributed by atoms with van der Waals surface area (Å²) in [5, 5.41) is 0. The second-order valence-electron chi connectivity index (χ2n) is 3.66. The van der Waals surface area contributed by atoms with Gasteiger partial charge in [0.25, 0.3) is 0 Å². The maximum Gasteiger partial charge on any atom is 0.0514 e. The van der Waals surface area contributed by atoms with Crippen LogP contribution in [0, 0.1) is 0 Å². The molecule has 70 valence electrons. The van der Waals surface area contributed by atoms with Crippen molar-refractivity contribution in [2.75, 3.05) is 13.1 Å². The van der Waals surface area contributed by atoms with Gasteiger partial charge < -0.3 is 4.90 Å². The van der Waals surface area contributed by atoms with Gasteiger partial charge >= 0.3 is 0 Å². The van der Waals surface area contributed by atoms with Crippen LogP contribution in [0.2, 0.25) is 0 Å². The smallest absolute Gasteiger partial charge is 0.0514 e. The number of likely N-dealkylation sites (tertiary alicyclic amines) is 1. The van der Waals surface area contributed by atoms with Gasteiger partial charge in [0.2, 0.25) is 0 Å². The molecule has 0 saturated carbocycles. The van der Waals surface area contributed by atoms with Crippen LogP contribution >= 0.6 is 0 Å². The Morgan fingerprint density at radius 3 is 2.77 bits per heavy atom. The van der Waals surface area contributed by atoms with Crippen molar-refractivity contribution >= 4 is 6.21 Å². The van der Waals surface area contributed by atoms with E-state index in [1.54, 1.807) is 0 Å². The Hall–Kier alpha value is -1.05. The van der Waals surface area contributed by atoms with Gasteiger partial charge in [-0.1, -0.05) is 12.2 Å². The number of hydrogen-bond acceptors (Lipinski definition) is 2. The van der Waals surface area contributed by atoms with E-state index in [-0.39, 0.29) is 0 Å². The van der Waals surface area contributed by atoms with Crippen LogP contribution in [0.1, 0.15) is 26.2 Å². The highest BCUT2D eigenvalue weighted by molar-refractivity contribution is 5.79. The Bertz CT molecular complexity index is 268. The minimum Gasteiger partial charge on any atom is -0.371 e. The summed E-state index contributed by atoms with van der Waals surface area (Å²) in [6.07, 6.45) is 10.1. The molecular weight excluding hydrogens is 160 g/mol. The molecule has 0 spiro atoms. The van der Waals surface area contributed by atoms with Crippen molar-refractivity contribution in [3.63, 3.8) is 0 Å². The molecule has 0 radical (unpaired) electrons. The molecule has 0 unspecified atom stereocenters. The first kappa shape index (κ1) is 8.54. The molecule has 2 aliphatic rings. The van der Waals surface area contributed by atoms with Crippen LogP contribution in [0.25, 0.3) is 0 Å². The highest BCUT2D eigenvalue weighted by Crippen LogP contribution is 2.16. The van der Waals surface area contributed by atoms with Crippen molar-refractivity contribution in [1.82, 2.24) is 4.90 Å². The summed E-state index contributed by atoms with van der Waals surface area (Å²) < 4.78 is 0. The molecule has 0 atom stereocenters. The molecule has 0 N–H and O–H groups in total. The van der Waals surface area contributed by atoms with Crippen molar-refractivity contribution in [3.8, 4) is 0 Å². The second-order valence-corrected chi connectivity index (χ2v) is 3.66. The molecular formula is C11H16N2. The summed E-state index contributed by atoms with van der Waals surface area (Å²) in [5.41, 5.74) is 2.44. The first-order valence-electron chi connectivity index (χ1n) is 5.02. The van der Waals surface area contributed by atoms with Crippen LogP contribution in [-0.2, 0) is 0 Å². The number of rotatable bonds is 1. The summed E-state index contributed by atoms with van der Waals surface area (Å²) in [7, 11) is 0. The number of aliphatic imine (C=N–C) groups is 1. The molecule has 0 amide bonds. The monoisotopic (exact) mass is 176 g/mol. The summed E-state index contributed by atoms with van der Waals surface area (Å²) in [5.74, 6) is 0. The largest absolute Gasteiger partial charge is 0.371 e. The number of nitrogens with zero attached hydrogens (tertiary/aromatic N) is 2. The standard InChI is InChI=1S/C11H16N2/c1-10-5-4-6-11(9-12-10)13-7-2-3-8-13/h5-6,9H,2-4,7-8H2,1H3. The Kier molecular flexibility index (Phi) is 2.48. The third-order valence-electron chi connectivity index (χ3n) is 2.61. The van der Waals surface area contributed by atoms with Crippen molar-refractivity contribution < 1.29 is 0 Å². The van der Waals surface area contributed by atoms with Gasteiger partial charge in [0.1, 0.15) is 0 Å². The summed E-state index contributed by atoms with van der Waals surface area (Å²) in [6, 6.07) is 0. The first-order valence-corrected chi connectivity index (χ1v) is 5.02. The molecule has 0 aliphatic carbocycles. The molecule has 1 fully saturated rings. The van der Waals surface area contributed by atoms with Crippen LogP contribution < -0.4 is 0 Å². The van der Waals surface area contributed by atoms with E-state index < -0.39 is 0 Å². The molecule has 2 rings (SSSR count). The van der Waals surface area contributed by atoms with Crippen molar-refractivity contribution in [2.45, 2.75) is 26.2 Å². The van der Waals surface area contributed by atoms with E-state index in [0.29, 0.717) is 0 Å². The predicted octanol–water partition coefficient (Wildman–Crippen LogP) is 2.34. The molecule has 2 nitrogen and oxygen atoms in total. The fourth-order valence-corrected chi connectivity index (χ4v) is 1.81. The third-order valence-corrected chi connectivity index (χ3v) is 2.61. The molecule has 0 aromatic carbocycles. The lowest BCUT2D eigenvalue weighted by Crippen LogP contribution is -2.19. The lowest BCUT2D eigenvalue weighted by Gasteiger charge is -2.17. The minimum absolute atomic E-state index is 1.03. The van der Waals surface area contributed by atoms with E-state index in [1.807, 2.05) is 6.21 Å². The highest BCUT2D eigenvalue weighted by atomic mass is 15.2. The first-order chi connectivity index (χ1) is 6.36. The van der Waals surface area contributed by atoms with Crippen LogP contribution in [0.3, 0.4) is 0 Å². The average Bonchev–Trinajstić information content (AvgIpc) is 2.56. The summed E-state index contributed by atoms with van der Waals surface area (Å²) in [6.45, 7) is 4.46. The van der Waals surface area contributed by atoms with Gasteiger partial charge in [0.05, 0.1) is 11.9 Å². The zero-order valence-electron chi connectivity index (χ0n) is 8.16. The molecule has 1 saturated heterocycles. The number of allylic oxidation sites excluding steroid dienone is 4. The van der Waals surface area contributed by atoms with Crippen molar-refractivity contribution in [3.05, 3.63) is 23.5 Å². The van der Waals surface area contributed by atoms with E-state index >= 15 is 0 Å². The van der Waals surface area contributed by atoms with Gasteiger partial charge in [-0.2, -0.15) is 0 Å². The van der Waals surface area contributed by atoms with Gasteiger partial charge in [0.15, 0.2) is 0 Å². The fourth-order valence-electron chi connectivity index (χ4n) is 1.81. The lowest BCUT2D eigenvalue weighted by atomic mass is 10.3. The van der Waals surface area contributed by atoms with Crippen LogP contribution in [0.5, 0.6) is 0 Å². The van der Waals surface area contributed by atoms with Gasteiger partial charge in [-0.05, 0) is 26.2 Å². The molecule has 2 heteroatoms. The lowest BCUT2D eigenvalue weighted by molar-refractivity contribution is 0.449. The zero-order chi connectivity index (χ0) is 9.10. The van der Waals surface area contributed by atoms with Crippen LogP contribution in [0.15, 0.2) is 28.5 Å². The van der Waals surface area contributed by atoms with Crippen LogP contribution in [0.4, 0.5) is 0 Å². The maximum atomic E-state index is 4.38. The Balaban J connectivity index is 2.08. The van der Waals surface area contributed by atoms with E-state index in [9.17, 15) is 0 Å². The molecule has 0 aromatic heterocycles. The Morgan fingerprint density at radius 1 is 1.23 bits per heavy atom. The van der Waals surface area contributed by atoms with E-state index in [1.165, 1.54) is 31.6 Å². The minimum atomic E-state index is 1.03. The van der Waals surface area contributed by atoms with Gasteiger partial charge in [-0.15, -0.1) is 0 Å². The fraction of sp³-hybridized carbons (Fsp3) is 0.545. The Labute approximate surface area is 79.7 Å². The predicted molar refractivity (Wildman–Crippen MR) is 55.8 cm³/mol. The highest BCUT2D eigenvalue weighted by Gasteiger charge is 2.13. The van der Waals surface area contributed by atoms with Crippen LogP contribution in [-0.4, -0.2) is 24.2 Å². The Morgan fingerprint density at radius 2 is 2.00 bits per heavy atom. The topological polar surface area (TPSA) is 15.6 Å². The van der Waals surface area contributed by atoms with E-state index in [4.69, 9.17) is 0 Å². The van der Waals surface area contributed by atoms with Gasteiger partial charge in [0, 0.05) is 18.8 Å². The zero-order valence-corrected chi connectivity index (χ0v) is 8.16. The normalized spacial score (nSPS) is 22.7. The molecule has 0 aromatic rings. The van der Waals surface area contributed by atoms with Gasteiger partial charge in [-0.3, -0.25) is 4.99 Å². The van der Waals surface area contributed by atoms with Gasteiger partial charge in [-0.25, -0.2) is 0 Å². The third kappa shape index (κ3) is 2.00. The maximum absolute atomic E-state index is 4.38. The molecule has 2 heterocycles. The van der Waals surface area contributed by atoms with Crippen molar-refractivity contribution in [1.29, 1.82) is 0 Å². The van der Waals surface area contributed by atoms with E-state index in [2.05, 4.69) is 29.0 Å². The van der Waals surface area contributed by atoms with Crippen molar-refractivity contribution in [2.24, 2.45) is 4.99 Å². The SMILES string of the molecule is CC1=CCC=C(N2CCCC2)C=N1.